The SMILES string of the molecule is COC(=O)C1NC(=O)C1C(=O)NCC#N. The van der Waals surface area contributed by atoms with Crippen LogP contribution >= 0.6 is 0 Å². The van der Waals surface area contributed by atoms with Crippen LogP contribution in [0.4, 0.5) is 0 Å². The van der Waals surface area contributed by atoms with Gasteiger partial charge in [0.05, 0.1) is 13.2 Å². The summed E-state index contributed by atoms with van der Waals surface area (Å²) in [7, 11) is 1.16. The molecule has 7 nitrogen and oxygen atoms in total. The summed E-state index contributed by atoms with van der Waals surface area (Å²) in [5.41, 5.74) is 0. The third kappa shape index (κ3) is 2.04. The summed E-state index contributed by atoms with van der Waals surface area (Å²) in [6.07, 6.45) is 0. The van der Waals surface area contributed by atoms with Crippen molar-refractivity contribution in [3.63, 3.8) is 0 Å². The second-order valence-electron chi connectivity index (χ2n) is 2.86. The molecule has 0 aromatic heterocycles. The van der Waals surface area contributed by atoms with Gasteiger partial charge in [-0.15, -0.1) is 0 Å². The summed E-state index contributed by atoms with van der Waals surface area (Å²) in [5, 5.41) is 12.7. The van der Waals surface area contributed by atoms with Gasteiger partial charge in [-0.2, -0.15) is 5.26 Å². The molecule has 2 unspecified atom stereocenters. The van der Waals surface area contributed by atoms with Crippen LogP contribution in [0.5, 0.6) is 0 Å². The van der Waals surface area contributed by atoms with Crippen LogP contribution in [0.2, 0.25) is 0 Å². The van der Waals surface area contributed by atoms with Crippen molar-refractivity contribution in [3.05, 3.63) is 0 Å². The first-order valence-electron chi connectivity index (χ1n) is 4.14. The van der Waals surface area contributed by atoms with Gasteiger partial charge < -0.3 is 15.4 Å². The Labute approximate surface area is 85.4 Å². The van der Waals surface area contributed by atoms with Crippen molar-refractivity contribution in [2.24, 2.45) is 5.92 Å². The van der Waals surface area contributed by atoms with Crippen LogP contribution in [0.25, 0.3) is 0 Å². The summed E-state index contributed by atoms with van der Waals surface area (Å²) in [6, 6.07) is 0.751. The van der Waals surface area contributed by atoms with Crippen LogP contribution in [0.15, 0.2) is 0 Å². The Morgan fingerprint density at radius 3 is 2.80 bits per heavy atom. The van der Waals surface area contributed by atoms with Gasteiger partial charge in [0, 0.05) is 0 Å². The molecule has 0 bridgehead atoms. The first kappa shape index (κ1) is 11.0. The number of carbonyl (C=O) groups is 3. The number of amides is 2. The second kappa shape index (κ2) is 4.41. The third-order valence-corrected chi connectivity index (χ3v) is 1.99. The van der Waals surface area contributed by atoms with Crippen molar-refractivity contribution in [2.45, 2.75) is 6.04 Å². The van der Waals surface area contributed by atoms with Crippen LogP contribution in [0, 0.1) is 17.2 Å². The van der Waals surface area contributed by atoms with Crippen LogP contribution in [-0.2, 0) is 19.1 Å². The van der Waals surface area contributed by atoms with Gasteiger partial charge in [0.1, 0.15) is 18.5 Å². The normalized spacial score (nSPS) is 23.1. The number of carbonyl (C=O) groups excluding carboxylic acids is 3. The topological polar surface area (TPSA) is 108 Å². The predicted molar refractivity (Wildman–Crippen MR) is 46.1 cm³/mol. The van der Waals surface area contributed by atoms with E-state index in [0.29, 0.717) is 0 Å². The smallest absolute Gasteiger partial charge is 0.329 e. The monoisotopic (exact) mass is 211 g/mol. The van der Waals surface area contributed by atoms with Gasteiger partial charge in [0.15, 0.2) is 0 Å². The molecule has 1 rings (SSSR count). The number of hydrogen-bond acceptors (Lipinski definition) is 5. The lowest BCUT2D eigenvalue weighted by Crippen LogP contribution is -2.66. The first-order chi connectivity index (χ1) is 7.11. The van der Waals surface area contributed by atoms with E-state index in [1.807, 2.05) is 0 Å². The zero-order valence-corrected chi connectivity index (χ0v) is 7.94. The standard InChI is InChI=1S/C8H9N3O4/c1-15-8(14)5-4(7(13)11-5)6(12)10-3-2-9/h4-5H,3H2,1H3,(H,10,12)(H,11,13). The molecule has 2 amide bonds. The van der Waals surface area contributed by atoms with Crippen molar-refractivity contribution >= 4 is 17.8 Å². The number of nitrogens with zero attached hydrogens (tertiary/aromatic N) is 1. The molecule has 0 spiro atoms. The zero-order chi connectivity index (χ0) is 11.4. The summed E-state index contributed by atoms with van der Waals surface area (Å²) in [6.45, 7) is -0.198. The molecule has 7 heteroatoms. The molecule has 2 N–H and O–H groups in total. The van der Waals surface area contributed by atoms with Gasteiger partial charge in [-0.3, -0.25) is 9.59 Å². The Bertz CT molecular complexity index is 346. The Morgan fingerprint density at radius 1 is 1.67 bits per heavy atom. The van der Waals surface area contributed by atoms with E-state index in [0.717, 1.165) is 7.11 Å². The first-order valence-corrected chi connectivity index (χ1v) is 4.14. The number of nitriles is 1. The van der Waals surface area contributed by atoms with Gasteiger partial charge in [-0.1, -0.05) is 0 Å². The molecular weight excluding hydrogens is 202 g/mol. The van der Waals surface area contributed by atoms with Crippen molar-refractivity contribution in [2.75, 3.05) is 13.7 Å². The highest BCUT2D eigenvalue weighted by Crippen LogP contribution is 2.16. The zero-order valence-electron chi connectivity index (χ0n) is 7.94. The summed E-state index contributed by atoms with van der Waals surface area (Å²) in [4.78, 5) is 33.3. The minimum Gasteiger partial charge on any atom is -0.467 e. The van der Waals surface area contributed by atoms with Gasteiger partial charge in [0.2, 0.25) is 11.8 Å². The number of β-lactam (4-membered cyclic amide) rings is 1. The molecule has 0 aromatic rings. The molecule has 1 heterocycles. The Balaban J connectivity index is 2.59. The van der Waals surface area contributed by atoms with Crippen LogP contribution < -0.4 is 10.6 Å². The van der Waals surface area contributed by atoms with E-state index in [9.17, 15) is 14.4 Å². The predicted octanol–water partition coefficient (Wildman–Crippen LogP) is -2.09. The van der Waals surface area contributed by atoms with E-state index in [1.165, 1.54) is 0 Å². The van der Waals surface area contributed by atoms with E-state index < -0.39 is 29.7 Å². The third-order valence-electron chi connectivity index (χ3n) is 1.99. The Morgan fingerprint density at radius 2 is 2.33 bits per heavy atom. The average molecular weight is 211 g/mol. The molecule has 1 aliphatic heterocycles. The number of nitrogens with one attached hydrogen (secondary N) is 2. The van der Waals surface area contributed by atoms with E-state index in [1.54, 1.807) is 6.07 Å². The van der Waals surface area contributed by atoms with Crippen molar-refractivity contribution in [1.82, 2.24) is 10.6 Å². The summed E-state index contributed by atoms with van der Waals surface area (Å²) in [5.74, 6) is -2.95. The molecule has 80 valence electrons. The fourth-order valence-corrected chi connectivity index (χ4v) is 1.21. The summed E-state index contributed by atoms with van der Waals surface area (Å²) >= 11 is 0. The maximum absolute atomic E-state index is 11.3. The average Bonchev–Trinajstić information content (AvgIpc) is 2.21. The molecular formula is C8H9N3O4. The minimum atomic E-state index is -1.09. The highest BCUT2D eigenvalue weighted by atomic mass is 16.5. The van der Waals surface area contributed by atoms with Crippen molar-refractivity contribution < 1.29 is 19.1 Å². The molecule has 0 aromatic carbocycles. The van der Waals surface area contributed by atoms with Gasteiger partial charge in [-0.25, -0.2) is 4.79 Å². The molecule has 15 heavy (non-hydrogen) atoms. The molecule has 2 atom stereocenters. The van der Waals surface area contributed by atoms with Gasteiger partial charge >= 0.3 is 5.97 Å². The van der Waals surface area contributed by atoms with E-state index in [-0.39, 0.29) is 6.54 Å². The van der Waals surface area contributed by atoms with Crippen LogP contribution in [0.1, 0.15) is 0 Å². The molecule has 1 saturated heterocycles. The number of hydrogen-bond donors (Lipinski definition) is 2. The minimum absolute atomic E-state index is 0.198. The number of esters is 1. The lowest BCUT2D eigenvalue weighted by molar-refractivity contribution is -0.159. The number of ether oxygens (including phenoxy) is 1. The molecule has 1 fully saturated rings. The highest BCUT2D eigenvalue weighted by molar-refractivity contribution is 6.11. The second-order valence-corrected chi connectivity index (χ2v) is 2.86. The van der Waals surface area contributed by atoms with Crippen molar-refractivity contribution in [3.8, 4) is 6.07 Å². The van der Waals surface area contributed by atoms with Gasteiger partial charge in [0.25, 0.3) is 0 Å². The van der Waals surface area contributed by atoms with Crippen LogP contribution in [-0.4, -0.2) is 37.5 Å². The molecule has 1 aliphatic rings. The summed E-state index contributed by atoms with van der Waals surface area (Å²) < 4.78 is 4.39. The van der Waals surface area contributed by atoms with E-state index in [2.05, 4.69) is 15.4 Å². The fraction of sp³-hybridized carbons (Fsp3) is 0.500. The Kier molecular flexibility index (Phi) is 3.23. The quantitative estimate of drug-likeness (QED) is 0.241. The lowest BCUT2D eigenvalue weighted by atomic mass is 9.89. The van der Waals surface area contributed by atoms with E-state index >= 15 is 0 Å². The number of methoxy groups -OCH3 is 1. The maximum atomic E-state index is 11.3. The van der Waals surface area contributed by atoms with E-state index in [4.69, 9.17) is 5.26 Å². The fourth-order valence-electron chi connectivity index (χ4n) is 1.21. The molecule has 0 aliphatic carbocycles. The largest absolute Gasteiger partial charge is 0.467 e. The van der Waals surface area contributed by atoms with Crippen molar-refractivity contribution in [1.29, 1.82) is 5.26 Å². The Hall–Kier alpha value is -2.10. The number of rotatable bonds is 3. The highest BCUT2D eigenvalue weighted by Gasteiger charge is 2.49. The lowest BCUT2D eigenvalue weighted by Gasteiger charge is -2.32. The molecule has 0 radical (unpaired) electrons. The van der Waals surface area contributed by atoms with Gasteiger partial charge in [-0.05, 0) is 0 Å². The molecule has 0 saturated carbocycles. The van der Waals surface area contributed by atoms with Crippen LogP contribution in [0.3, 0.4) is 0 Å². The maximum Gasteiger partial charge on any atom is 0.329 e.